The van der Waals surface area contributed by atoms with Gasteiger partial charge in [-0.25, -0.2) is 9.97 Å². The summed E-state index contributed by atoms with van der Waals surface area (Å²) in [5.74, 6) is 3.40. The molecule has 0 saturated heterocycles. The number of hydrogen-bond donors (Lipinski definition) is 1. The third kappa shape index (κ3) is 4.00. The Morgan fingerprint density at radius 3 is 2.56 bits per heavy atom. The van der Waals surface area contributed by atoms with Gasteiger partial charge in [-0.15, -0.1) is 0 Å². The second kappa shape index (κ2) is 6.09. The summed E-state index contributed by atoms with van der Waals surface area (Å²) in [5.41, 5.74) is 1.02. The smallest absolute Gasteiger partial charge is 0.140 e. The summed E-state index contributed by atoms with van der Waals surface area (Å²) in [6.07, 6.45) is 0. The standard InChI is InChI=1S/C12H21N3S/c1-8(2)10(4)16-7-12-14-9(3)6-11(13-5)15-12/h6,8,10H,7H2,1-5H3,(H,13,14,15). The number of aromatic nitrogens is 2. The topological polar surface area (TPSA) is 37.8 Å². The van der Waals surface area contributed by atoms with Crippen LogP contribution in [-0.4, -0.2) is 22.3 Å². The predicted molar refractivity (Wildman–Crippen MR) is 71.9 cm³/mol. The number of hydrogen-bond acceptors (Lipinski definition) is 4. The van der Waals surface area contributed by atoms with E-state index >= 15 is 0 Å². The first-order chi connectivity index (χ1) is 7.52. The molecule has 4 heteroatoms. The SMILES string of the molecule is CNc1cc(C)nc(CSC(C)C(C)C)n1. The van der Waals surface area contributed by atoms with Crippen LogP contribution in [0.5, 0.6) is 0 Å². The lowest BCUT2D eigenvalue weighted by Crippen LogP contribution is -2.07. The third-order valence-electron chi connectivity index (χ3n) is 2.57. The van der Waals surface area contributed by atoms with Gasteiger partial charge in [0.1, 0.15) is 11.6 Å². The summed E-state index contributed by atoms with van der Waals surface area (Å²) in [6.45, 7) is 8.74. The summed E-state index contributed by atoms with van der Waals surface area (Å²) in [6, 6.07) is 1.96. The average Bonchev–Trinajstić information content (AvgIpc) is 2.24. The van der Waals surface area contributed by atoms with E-state index in [1.807, 2.05) is 31.8 Å². The van der Waals surface area contributed by atoms with Crippen LogP contribution in [0, 0.1) is 12.8 Å². The average molecular weight is 239 g/mol. The zero-order valence-electron chi connectivity index (χ0n) is 10.7. The lowest BCUT2D eigenvalue weighted by Gasteiger charge is -2.14. The van der Waals surface area contributed by atoms with E-state index in [0.29, 0.717) is 11.2 Å². The van der Waals surface area contributed by atoms with Crippen molar-refractivity contribution >= 4 is 17.6 Å². The van der Waals surface area contributed by atoms with Crippen LogP contribution in [0.15, 0.2) is 6.07 Å². The Kier molecular flexibility index (Phi) is 5.06. The molecule has 1 aromatic rings. The van der Waals surface area contributed by atoms with Crippen molar-refractivity contribution in [2.24, 2.45) is 5.92 Å². The number of aryl methyl sites for hydroxylation is 1. The molecule has 0 bridgehead atoms. The van der Waals surface area contributed by atoms with Gasteiger partial charge in [-0.05, 0) is 12.8 Å². The molecular weight excluding hydrogens is 218 g/mol. The maximum Gasteiger partial charge on any atom is 0.140 e. The number of nitrogens with one attached hydrogen (secondary N) is 1. The fraction of sp³-hybridized carbons (Fsp3) is 0.667. The minimum absolute atomic E-state index is 0.641. The molecule has 1 atom stereocenters. The van der Waals surface area contributed by atoms with Gasteiger partial charge in [0.15, 0.2) is 0 Å². The normalized spacial score (nSPS) is 12.9. The molecule has 1 rings (SSSR count). The fourth-order valence-corrected chi connectivity index (χ4v) is 2.15. The first kappa shape index (κ1) is 13.3. The summed E-state index contributed by atoms with van der Waals surface area (Å²) >= 11 is 1.91. The van der Waals surface area contributed by atoms with Gasteiger partial charge in [0.25, 0.3) is 0 Å². The molecule has 16 heavy (non-hydrogen) atoms. The highest BCUT2D eigenvalue weighted by Crippen LogP contribution is 2.22. The summed E-state index contributed by atoms with van der Waals surface area (Å²) in [5, 5.41) is 3.70. The second-order valence-corrected chi connectivity index (χ2v) is 5.69. The minimum Gasteiger partial charge on any atom is -0.373 e. The van der Waals surface area contributed by atoms with E-state index in [-0.39, 0.29) is 0 Å². The Morgan fingerprint density at radius 1 is 1.31 bits per heavy atom. The van der Waals surface area contributed by atoms with Gasteiger partial charge in [-0.1, -0.05) is 20.8 Å². The molecule has 0 spiro atoms. The van der Waals surface area contributed by atoms with Crippen molar-refractivity contribution in [1.29, 1.82) is 0 Å². The highest BCUT2D eigenvalue weighted by molar-refractivity contribution is 7.99. The summed E-state index contributed by atoms with van der Waals surface area (Å²) < 4.78 is 0. The summed E-state index contributed by atoms with van der Waals surface area (Å²) in [7, 11) is 1.88. The Morgan fingerprint density at radius 2 is 2.00 bits per heavy atom. The van der Waals surface area contributed by atoms with Gasteiger partial charge in [-0.2, -0.15) is 11.8 Å². The largest absolute Gasteiger partial charge is 0.373 e. The summed E-state index contributed by atoms with van der Waals surface area (Å²) in [4.78, 5) is 8.88. The minimum atomic E-state index is 0.641. The van der Waals surface area contributed by atoms with Crippen molar-refractivity contribution in [2.75, 3.05) is 12.4 Å². The molecule has 1 N–H and O–H groups in total. The van der Waals surface area contributed by atoms with Crippen LogP contribution in [0.2, 0.25) is 0 Å². The van der Waals surface area contributed by atoms with Crippen LogP contribution < -0.4 is 5.32 Å². The van der Waals surface area contributed by atoms with Crippen molar-refractivity contribution < 1.29 is 0 Å². The molecule has 0 saturated carbocycles. The van der Waals surface area contributed by atoms with E-state index in [2.05, 4.69) is 36.1 Å². The van der Waals surface area contributed by atoms with Crippen LogP contribution in [0.25, 0.3) is 0 Å². The number of thioether (sulfide) groups is 1. The van der Waals surface area contributed by atoms with Crippen molar-refractivity contribution in [3.8, 4) is 0 Å². The van der Waals surface area contributed by atoms with E-state index in [9.17, 15) is 0 Å². The molecule has 1 aromatic heterocycles. The predicted octanol–water partition coefficient (Wildman–Crippen LogP) is 3.10. The first-order valence-electron chi connectivity index (χ1n) is 5.67. The molecule has 1 heterocycles. The van der Waals surface area contributed by atoms with Crippen LogP contribution in [-0.2, 0) is 5.75 Å². The second-order valence-electron chi connectivity index (χ2n) is 4.32. The van der Waals surface area contributed by atoms with Gasteiger partial charge in [-0.3, -0.25) is 0 Å². The zero-order valence-corrected chi connectivity index (χ0v) is 11.6. The number of rotatable bonds is 5. The molecule has 0 radical (unpaired) electrons. The first-order valence-corrected chi connectivity index (χ1v) is 6.71. The molecule has 1 unspecified atom stereocenters. The highest BCUT2D eigenvalue weighted by Gasteiger charge is 2.09. The quantitative estimate of drug-likeness (QED) is 0.857. The van der Waals surface area contributed by atoms with Crippen molar-refractivity contribution in [3.05, 3.63) is 17.6 Å². The van der Waals surface area contributed by atoms with E-state index in [1.54, 1.807) is 0 Å². The van der Waals surface area contributed by atoms with Crippen LogP contribution in [0.1, 0.15) is 32.3 Å². The van der Waals surface area contributed by atoms with Gasteiger partial charge < -0.3 is 5.32 Å². The molecule has 0 aliphatic carbocycles. The highest BCUT2D eigenvalue weighted by atomic mass is 32.2. The van der Waals surface area contributed by atoms with Crippen molar-refractivity contribution in [3.63, 3.8) is 0 Å². The van der Waals surface area contributed by atoms with E-state index in [4.69, 9.17) is 0 Å². The van der Waals surface area contributed by atoms with E-state index in [0.717, 1.165) is 23.1 Å². The van der Waals surface area contributed by atoms with Gasteiger partial charge in [0.05, 0.1) is 5.75 Å². The Balaban J connectivity index is 2.63. The molecule has 0 aliphatic heterocycles. The zero-order chi connectivity index (χ0) is 12.1. The van der Waals surface area contributed by atoms with Crippen LogP contribution >= 0.6 is 11.8 Å². The van der Waals surface area contributed by atoms with Gasteiger partial charge in [0.2, 0.25) is 0 Å². The molecule has 3 nitrogen and oxygen atoms in total. The van der Waals surface area contributed by atoms with Crippen LogP contribution in [0.3, 0.4) is 0 Å². The Labute approximate surface area is 102 Å². The molecular formula is C12H21N3S. The van der Waals surface area contributed by atoms with Gasteiger partial charge in [0, 0.05) is 24.1 Å². The molecule has 90 valence electrons. The Hall–Kier alpha value is -0.770. The number of nitrogens with zero attached hydrogens (tertiary/aromatic N) is 2. The fourth-order valence-electron chi connectivity index (χ4n) is 1.22. The Bertz CT molecular complexity index is 339. The van der Waals surface area contributed by atoms with Gasteiger partial charge >= 0.3 is 0 Å². The van der Waals surface area contributed by atoms with E-state index in [1.165, 1.54) is 0 Å². The van der Waals surface area contributed by atoms with Crippen molar-refractivity contribution in [2.45, 2.75) is 38.7 Å². The van der Waals surface area contributed by atoms with Crippen LogP contribution in [0.4, 0.5) is 5.82 Å². The maximum absolute atomic E-state index is 4.44. The monoisotopic (exact) mass is 239 g/mol. The van der Waals surface area contributed by atoms with E-state index < -0.39 is 0 Å². The molecule has 0 aromatic carbocycles. The maximum atomic E-state index is 4.44. The lowest BCUT2D eigenvalue weighted by molar-refractivity contribution is 0.642. The molecule has 0 amide bonds. The van der Waals surface area contributed by atoms with Crippen molar-refractivity contribution in [1.82, 2.24) is 9.97 Å². The lowest BCUT2D eigenvalue weighted by atomic mass is 10.2. The molecule has 0 fully saturated rings. The number of anilines is 1. The molecule has 0 aliphatic rings. The third-order valence-corrected chi connectivity index (χ3v) is 4.07.